The average molecular weight is 863 g/mol. The number of hydrogen-bond donors (Lipinski definition) is 0. The van der Waals surface area contributed by atoms with Crippen molar-refractivity contribution in [3.8, 4) is 107 Å². The van der Waals surface area contributed by atoms with E-state index in [9.17, 15) is 5.26 Å². The van der Waals surface area contributed by atoms with Crippen LogP contribution >= 0.6 is 0 Å². The first-order valence-corrected chi connectivity index (χ1v) is 22.9. The molecule has 0 bridgehead atoms. The van der Waals surface area contributed by atoms with E-state index in [1.807, 2.05) is 54.6 Å². The quantitative estimate of drug-likeness (QED) is 0.150. The zero-order valence-electron chi connectivity index (χ0n) is 36.7. The van der Waals surface area contributed by atoms with Gasteiger partial charge >= 0.3 is 0 Å². The summed E-state index contributed by atoms with van der Waals surface area (Å²) in [6.07, 6.45) is 0. The van der Waals surface area contributed by atoms with E-state index in [4.69, 9.17) is 15.0 Å². The molecule has 0 amide bonds. The van der Waals surface area contributed by atoms with Gasteiger partial charge in [0.05, 0.1) is 11.6 Å². The highest BCUT2D eigenvalue weighted by molar-refractivity contribution is 6.18. The summed E-state index contributed by atoms with van der Waals surface area (Å²) in [5.41, 5.74) is 16.6. The summed E-state index contributed by atoms with van der Waals surface area (Å²) in [5.74, 6) is 1.75. The number of nitrogens with zero attached hydrogens (tertiary/aromatic N) is 4. The Hall–Kier alpha value is -9.30. The predicted molar refractivity (Wildman–Crippen MR) is 280 cm³/mol. The van der Waals surface area contributed by atoms with Gasteiger partial charge in [0, 0.05) is 22.3 Å². The van der Waals surface area contributed by atoms with Gasteiger partial charge in [0.2, 0.25) is 0 Å². The molecule has 1 aromatic heterocycles. The summed E-state index contributed by atoms with van der Waals surface area (Å²) in [6, 6.07) is 83.4. The van der Waals surface area contributed by atoms with Crippen LogP contribution < -0.4 is 0 Å². The molecule has 0 unspecified atom stereocenters. The SMILES string of the molecule is N#Cc1cccc(-c2cccc(-c3nc(-c4ccccc4)nc(-c4ccc(-c5cc6ccccc6c6ccccc56)cc4)n3)c2)c1-c1cccc(-c2cccc3c2-c2cccc4cccc-3c24)c1. The summed E-state index contributed by atoms with van der Waals surface area (Å²) in [5, 5.41) is 18.1. The zero-order chi connectivity index (χ0) is 45.1. The molecule has 13 rings (SSSR count). The topological polar surface area (TPSA) is 62.5 Å². The highest BCUT2D eigenvalue weighted by atomic mass is 15.0. The van der Waals surface area contributed by atoms with Crippen LogP contribution in [0.1, 0.15) is 5.56 Å². The third-order valence-electron chi connectivity index (χ3n) is 13.5. The first-order chi connectivity index (χ1) is 33.7. The van der Waals surface area contributed by atoms with E-state index in [1.165, 1.54) is 65.7 Å². The van der Waals surface area contributed by atoms with E-state index in [1.54, 1.807) is 0 Å². The lowest BCUT2D eigenvalue weighted by Crippen LogP contribution is -2.00. The molecule has 0 aliphatic heterocycles. The molecule has 314 valence electrons. The normalized spacial score (nSPS) is 11.5. The third-order valence-corrected chi connectivity index (χ3v) is 13.5. The van der Waals surface area contributed by atoms with E-state index in [-0.39, 0.29) is 0 Å². The van der Waals surface area contributed by atoms with Crippen LogP contribution in [0.2, 0.25) is 0 Å². The van der Waals surface area contributed by atoms with E-state index in [2.05, 4.69) is 182 Å². The van der Waals surface area contributed by atoms with Crippen molar-refractivity contribution in [3.63, 3.8) is 0 Å². The number of hydrogen-bond acceptors (Lipinski definition) is 4. The third kappa shape index (κ3) is 6.48. The van der Waals surface area contributed by atoms with Crippen LogP contribution in [0.5, 0.6) is 0 Å². The molecular weight excluding hydrogens is 825 g/mol. The van der Waals surface area contributed by atoms with Gasteiger partial charge in [-0.15, -0.1) is 0 Å². The van der Waals surface area contributed by atoms with Gasteiger partial charge in [-0.2, -0.15) is 5.26 Å². The van der Waals surface area contributed by atoms with Crippen molar-refractivity contribution in [2.24, 2.45) is 0 Å². The van der Waals surface area contributed by atoms with Crippen LogP contribution in [-0.4, -0.2) is 15.0 Å². The Morgan fingerprint density at radius 1 is 0.279 bits per heavy atom. The summed E-state index contributed by atoms with van der Waals surface area (Å²) in [4.78, 5) is 15.3. The van der Waals surface area contributed by atoms with Gasteiger partial charge in [-0.1, -0.05) is 206 Å². The fraction of sp³-hybridized carbons (Fsp3) is 0. The maximum atomic E-state index is 10.7. The maximum Gasteiger partial charge on any atom is 0.164 e. The Kier molecular flexibility index (Phi) is 9.20. The van der Waals surface area contributed by atoms with Crippen LogP contribution in [0.15, 0.2) is 231 Å². The highest BCUT2D eigenvalue weighted by Gasteiger charge is 2.25. The first kappa shape index (κ1) is 39.1. The standard InChI is InChI=1S/C64H38N4/c65-39-49-23-12-27-51(59(49)47-21-8-19-44(36-47)52-28-13-30-56-55-29-10-17-41-18-11-31-57(60(41)55)61(52)56)45-20-9-22-48(37-45)64-67-62(42-14-2-1-3-15-42)66-63(68-64)43-34-32-40(33-35-43)58-38-46-16-4-5-24-50(46)53-25-6-7-26-54(53)58/h1-38H. The van der Waals surface area contributed by atoms with Crippen LogP contribution in [-0.2, 0) is 0 Å². The number of fused-ring (bicyclic) bond motifs is 6. The fourth-order valence-corrected chi connectivity index (χ4v) is 10.4. The zero-order valence-corrected chi connectivity index (χ0v) is 36.7. The Bertz CT molecular complexity index is 4030. The fourth-order valence-electron chi connectivity index (χ4n) is 10.4. The van der Waals surface area contributed by atoms with Gasteiger partial charge in [0.15, 0.2) is 17.5 Å². The Morgan fingerprint density at radius 2 is 0.765 bits per heavy atom. The van der Waals surface area contributed by atoms with Crippen LogP contribution in [0.3, 0.4) is 0 Å². The summed E-state index contributed by atoms with van der Waals surface area (Å²) in [7, 11) is 0. The van der Waals surface area contributed by atoms with Crippen molar-refractivity contribution < 1.29 is 0 Å². The van der Waals surface area contributed by atoms with Crippen molar-refractivity contribution in [2.75, 3.05) is 0 Å². The van der Waals surface area contributed by atoms with E-state index >= 15 is 0 Å². The molecule has 0 atom stereocenters. The molecule has 1 aliphatic rings. The summed E-state index contributed by atoms with van der Waals surface area (Å²) >= 11 is 0. The lowest BCUT2D eigenvalue weighted by atomic mass is 9.87. The second kappa shape index (κ2) is 16.0. The lowest BCUT2D eigenvalue weighted by molar-refractivity contribution is 1.07. The largest absolute Gasteiger partial charge is 0.208 e. The molecule has 0 saturated heterocycles. The predicted octanol–water partition coefficient (Wildman–Crippen LogP) is 16.5. The smallest absolute Gasteiger partial charge is 0.164 e. The molecule has 0 N–H and O–H groups in total. The minimum atomic E-state index is 0.564. The first-order valence-electron chi connectivity index (χ1n) is 22.9. The summed E-state index contributed by atoms with van der Waals surface area (Å²) < 4.78 is 0. The van der Waals surface area contributed by atoms with E-state index < -0.39 is 0 Å². The monoisotopic (exact) mass is 862 g/mol. The number of rotatable bonds is 7. The number of benzene rings is 11. The molecule has 0 fully saturated rings. The molecule has 4 nitrogen and oxygen atoms in total. The van der Waals surface area contributed by atoms with Gasteiger partial charge in [-0.05, 0) is 118 Å². The van der Waals surface area contributed by atoms with Crippen molar-refractivity contribution in [2.45, 2.75) is 0 Å². The van der Waals surface area contributed by atoms with Crippen LogP contribution in [0, 0.1) is 11.3 Å². The Labute approximate surface area is 393 Å². The molecule has 12 aromatic rings. The van der Waals surface area contributed by atoms with Gasteiger partial charge in [0.25, 0.3) is 0 Å². The number of nitriles is 1. The molecule has 68 heavy (non-hydrogen) atoms. The maximum absolute atomic E-state index is 10.7. The molecule has 1 heterocycles. The molecular formula is C64H38N4. The molecule has 1 aliphatic carbocycles. The molecule has 0 radical (unpaired) electrons. The van der Waals surface area contributed by atoms with Gasteiger partial charge < -0.3 is 0 Å². The molecule has 0 saturated carbocycles. The molecule has 11 aromatic carbocycles. The van der Waals surface area contributed by atoms with Crippen LogP contribution in [0.4, 0.5) is 0 Å². The highest BCUT2D eigenvalue weighted by Crippen LogP contribution is 2.51. The van der Waals surface area contributed by atoms with Crippen LogP contribution in [0.25, 0.3) is 133 Å². The number of aromatic nitrogens is 3. The average Bonchev–Trinajstić information content (AvgIpc) is 3.75. The Morgan fingerprint density at radius 3 is 1.51 bits per heavy atom. The van der Waals surface area contributed by atoms with E-state index in [0.717, 1.165) is 50.1 Å². The van der Waals surface area contributed by atoms with Crippen molar-refractivity contribution in [3.05, 3.63) is 236 Å². The Balaban J connectivity index is 0.902. The van der Waals surface area contributed by atoms with E-state index in [0.29, 0.717) is 23.0 Å². The second-order valence-electron chi connectivity index (χ2n) is 17.4. The van der Waals surface area contributed by atoms with Crippen molar-refractivity contribution in [1.82, 2.24) is 15.0 Å². The lowest BCUT2D eigenvalue weighted by Gasteiger charge is -2.16. The summed E-state index contributed by atoms with van der Waals surface area (Å²) in [6.45, 7) is 0. The minimum absolute atomic E-state index is 0.564. The van der Waals surface area contributed by atoms with Crippen molar-refractivity contribution >= 4 is 32.3 Å². The molecule has 0 spiro atoms. The van der Waals surface area contributed by atoms with Gasteiger partial charge in [-0.25, -0.2) is 15.0 Å². The van der Waals surface area contributed by atoms with Gasteiger partial charge in [-0.3, -0.25) is 0 Å². The van der Waals surface area contributed by atoms with Crippen molar-refractivity contribution in [1.29, 1.82) is 5.26 Å². The second-order valence-corrected chi connectivity index (χ2v) is 17.4. The van der Waals surface area contributed by atoms with Gasteiger partial charge in [0.1, 0.15) is 0 Å². The molecule has 4 heteroatoms. The minimum Gasteiger partial charge on any atom is -0.208 e.